The molecule has 0 aliphatic rings. The molecule has 32 heavy (non-hydrogen) atoms. The Labute approximate surface area is 196 Å². The third-order valence-corrected chi connectivity index (χ3v) is 4.74. The van der Waals surface area contributed by atoms with E-state index in [9.17, 15) is 9.59 Å². The zero-order valence-electron chi connectivity index (χ0n) is 17.6. The third-order valence-electron chi connectivity index (χ3n) is 4.31. The number of carbonyl (C=O) groups excluding carboxylic acids is 2. The molecule has 0 spiro atoms. The van der Waals surface area contributed by atoms with Gasteiger partial charge in [-0.25, -0.2) is 0 Å². The highest BCUT2D eigenvalue weighted by Crippen LogP contribution is 2.17. The molecule has 0 aliphatic carbocycles. The van der Waals surface area contributed by atoms with Crippen LogP contribution in [0.1, 0.15) is 21.5 Å². The van der Waals surface area contributed by atoms with Gasteiger partial charge in [0.2, 0.25) is 0 Å². The summed E-state index contributed by atoms with van der Waals surface area (Å²) in [5.41, 5.74) is 3.85. The second-order valence-corrected chi connectivity index (χ2v) is 8.00. The van der Waals surface area contributed by atoms with Gasteiger partial charge in [0.15, 0.2) is 11.7 Å². The highest BCUT2D eigenvalue weighted by atomic mass is 35.5. The summed E-state index contributed by atoms with van der Waals surface area (Å²) in [4.78, 5) is 24.4. The van der Waals surface area contributed by atoms with Crippen LogP contribution < -0.4 is 20.7 Å². The van der Waals surface area contributed by atoms with Gasteiger partial charge in [-0.15, -0.1) is 0 Å². The van der Waals surface area contributed by atoms with Gasteiger partial charge in [-0.2, -0.15) is 0 Å². The molecule has 3 aromatic carbocycles. The zero-order valence-corrected chi connectivity index (χ0v) is 19.1. The smallest absolute Gasteiger partial charge is 0.264 e. The van der Waals surface area contributed by atoms with Crippen LogP contribution in [-0.4, -0.2) is 23.5 Å². The Hall–Kier alpha value is -3.42. The number of thiocarbonyl (C=S) groups is 1. The largest absolute Gasteiger partial charge is 0.484 e. The molecule has 0 heterocycles. The molecule has 0 saturated carbocycles. The van der Waals surface area contributed by atoms with Crippen molar-refractivity contribution in [3.05, 3.63) is 88.4 Å². The Balaban J connectivity index is 1.47. The summed E-state index contributed by atoms with van der Waals surface area (Å²) in [5, 5.41) is 8.93. The van der Waals surface area contributed by atoms with Crippen LogP contribution in [-0.2, 0) is 4.79 Å². The van der Waals surface area contributed by atoms with Crippen LogP contribution in [0.4, 0.5) is 11.4 Å². The molecule has 3 rings (SSSR count). The van der Waals surface area contributed by atoms with Gasteiger partial charge in [-0.05, 0) is 91.8 Å². The van der Waals surface area contributed by atoms with E-state index in [2.05, 4.69) is 16.0 Å². The van der Waals surface area contributed by atoms with E-state index in [1.54, 1.807) is 48.5 Å². The fraction of sp³-hybridized carbons (Fsp3) is 0.125. The summed E-state index contributed by atoms with van der Waals surface area (Å²) in [6, 6.07) is 19.4. The Morgan fingerprint density at radius 3 is 2.16 bits per heavy atom. The number of hydrogen-bond donors (Lipinski definition) is 3. The highest BCUT2D eigenvalue weighted by Gasteiger charge is 2.09. The van der Waals surface area contributed by atoms with Crippen LogP contribution in [0.25, 0.3) is 0 Å². The monoisotopic (exact) mass is 467 g/mol. The van der Waals surface area contributed by atoms with Gasteiger partial charge in [0.25, 0.3) is 11.8 Å². The molecule has 2 amide bonds. The average Bonchev–Trinajstić information content (AvgIpc) is 2.73. The van der Waals surface area contributed by atoms with Crippen molar-refractivity contribution in [2.75, 3.05) is 17.2 Å². The molecule has 0 fully saturated rings. The van der Waals surface area contributed by atoms with Crippen molar-refractivity contribution in [3.63, 3.8) is 0 Å². The van der Waals surface area contributed by atoms with Crippen molar-refractivity contribution in [2.24, 2.45) is 0 Å². The summed E-state index contributed by atoms with van der Waals surface area (Å²) >= 11 is 11.1. The molecule has 0 saturated heterocycles. The number of benzene rings is 3. The van der Waals surface area contributed by atoms with Crippen LogP contribution in [0.2, 0.25) is 5.02 Å². The third kappa shape index (κ3) is 7.08. The second-order valence-electron chi connectivity index (χ2n) is 7.16. The molecular weight excluding hydrogens is 446 g/mol. The molecule has 6 nitrogen and oxygen atoms in total. The first-order chi connectivity index (χ1) is 15.3. The quantitative estimate of drug-likeness (QED) is 0.439. The van der Waals surface area contributed by atoms with Gasteiger partial charge in [0.05, 0.1) is 0 Å². The molecule has 0 aromatic heterocycles. The minimum absolute atomic E-state index is 0.148. The predicted octanol–water partition coefficient (Wildman–Crippen LogP) is 5.10. The number of ether oxygens (including phenoxy) is 1. The lowest BCUT2D eigenvalue weighted by Crippen LogP contribution is -2.37. The Morgan fingerprint density at radius 1 is 0.906 bits per heavy atom. The van der Waals surface area contributed by atoms with E-state index in [1.165, 1.54) is 0 Å². The first-order valence-corrected chi connectivity index (χ1v) is 10.6. The molecule has 164 valence electrons. The number of rotatable bonds is 6. The van der Waals surface area contributed by atoms with Crippen LogP contribution >= 0.6 is 23.8 Å². The Kier molecular flexibility index (Phi) is 7.81. The van der Waals surface area contributed by atoms with Crippen molar-refractivity contribution in [1.29, 1.82) is 0 Å². The summed E-state index contributed by atoms with van der Waals surface area (Å²) in [6.07, 6.45) is 0. The van der Waals surface area contributed by atoms with Crippen LogP contribution in [0.15, 0.2) is 66.7 Å². The average molecular weight is 468 g/mol. The van der Waals surface area contributed by atoms with Crippen molar-refractivity contribution >= 4 is 52.1 Å². The molecule has 3 N–H and O–H groups in total. The lowest BCUT2D eigenvalue weighted by molar-refractivity contribution is -0.121. The molecule has 0 aliphatic heterocycles. The van der Waals surface area contributed by atoms with Gasteiger partial charge in [0, 0.05) is 22.0 Å². The lowest BCUT2D eigenvalue weighted by atomic mass is 10.1. The fourth-order valence-electron chi connectivity index (χ4n) is 2.96. The fourth-order valence-corrected chi connectivity index (χ4v) is 3.38. The number of nitrogens with one attached hydrogen (secondary N) is 3. The van der Waals surface area contributed by atoms with Crippen molar-refractivity contribution < 1.29 is 14.3 Å². The van der Waals surface area contributed by atoms with Gasteiger partial charge in [0.1, 0.15) is 5.75 Å². The number of amides is 2. The van der Waals surface area contributed by atoms with Gasteiger partial charge >= 0.3 is 0 Å². The molecule has 8 heteroatoms. The minimum atomic E-state index is -0.368. The number of hydrogen-bond acceptors (Lipinski definition) is 4. The number of carbonyl (C=O) groups is 2. The first-order valence-electron chi connectivity index (χ1n) is 9.77. The van der Waals surface area contributed by atoms with Crippen LogP contribution in [0.3, 0.4) is 0 Å². The van der Waals surface area contributed by atoms with Crippen molar-refractivity contribution in [3.8, 4) is 5.75 Å². The summed E-state index contributed by atoms with van der Waals surface area (Å²) in [6.45, 7) is 3.78. The standard InChI is InChI=1S/C24H22ClN3O3S/c1-15-10-16(2)12-21(11-15)31-14-22(29)28-24(32)27-20-8-6-19(7-9-20)26-23(30)17-4-3-5-18(25)13-17/h3-13H,14H2,1-2H3,(H,26,30)(H2,27,28,29,32). The number of halogens is 1. The molecule has 0 unspecified atom stereocenters. The molecule has 3 aromatic rings. The van der Waals surface area contributed by atoms with E-state index in [0.29, 0.717) is 27.7 Å². The Morgan fingerprint density at radius 2 is 1.53 bits per heavy atom. The van der Waals surface area contributed by atoms with E-state index in [0.717, 1.165) is 11.1 Å². The van der Waals surface area contributed by atoms with E-state index < -0.39 is 0 Å². The normalized spacial score (nSPS) is 10.2. The van der Waals surface area contributed by atoms with Gasteiger partial charge < -0.3 is 15.4 Å². The topological polar surface area (TPSA) is 79.5 Å². The zero-order chi connectivity index (χ0) is 23.1. The van der Waals surface area contributed by atoms with E-state index in [4.69, 9.17) is 28.6 Å². The van der Waals surface area contributed by atoms with Gasteiger partial charge in [-0.3, -0.25) is 14.9 Å². The van der Waals surface area contributed by atoms with Crippen molar-refractivity contribution in [2.45, 2.75) is 13.8 Å². The number of aryl methyl sites for hydroxylation is 2. The Bertz CT molecular complexity index is 1130. The molecule has 0 atom stereocenters. The van der Waals surface area contributed by atoms with Crippen LogP contribution in [0, 0.1) is 13.8 Å². The van der Waals surface area contributed by atoms with E-state index in [1.807, 2.05) is 32.0 Å². The maximum Gasteiger partial charge on any atom is 0.264 e. The molecule has 0 radical (unpaired) electrons. The summed E-state index contributed by atoms with van der Waals surface area (Å²) in [7, 11) is 0. The second kappa shape index (κ2) is 10.7. The van der Waals surface area contributed by atoms with Gasteiger partial charge in [-0.1, -0.05) is 23.7 Å². The number of anilines is 2. The maximum absolute atomic E-state index is 12.3. The SMILES string of the molecule is Cc1cc(C)cc(OCC(=O)NC(=S)Nc2ccc(NC(=O)c3cccc(Cl)c3)cc2)c1. The minimum Gasteiger partial charge on any atom is -0.484 e. The van der Waals surface area contributed by atoms with Crippen molar-refractivity contribution in [1.82, 2.24) is 5.32 Å². The summed E-state index contributed by atoms with van der Waals surface area (Å²) in [5.74, 6) is -0.00111. The van der Waals surface area contributed by atoms with Crippen LogP contribution in [0.5, 0.6) is 5.75 Å². The molecular formula is C24H22ClN3O3S. The maximum atomic E-state index is 12.3. The lowest BCUT2D eigenvalue weighted by Gasteiger charge is -2.12. The predicted molar refractivity (Wildman–Crippen MR) is 132 cm³/mol. The van der Waals surface area contributed by atoms with E-state index in [-0.39, 0.29) is 23.5 Å². The van der Waals surface area contributed by atoms with E-state index >= 15 is 0 Å². The first kappa shape index (κ1) is 23.2. The molecule has 0 bridgehead atoms. The summed E-state index contributed by atoms with van der Waals surface area (Å²) < 4.78 is 5.53. The highest BCUT2D eigenvalue weighted by molar-refractivity contribution is 7.80.